The molecule has 1 amide bonds. The van der Waals surface area contributed by atoms with Gasteiger partial charge < -0.3 is 9.84 Å². The molecule has 1 atom stereocenters. The number of hydrogen-bond donors (Lipinski definition) is 1. The Kier molecular flexibility index (Phi) is 5.44. The van der Waals surface area contributed by atoms with Crippen molar-refractivity contribution in [3.8, 4) is 22.0 Å². The van der Waals surface area contributed by atoms with Crippen molar-refractivity contribution in [2.24, 2.45) is 5.92 Å². The number of hydrogen-bond acceptors (Lipinski definition) is 7. The monoisotopic (exact) mass is 405 g/mol. The summed E-state index contributed by atoms with van der Waals surface area (Å²) in [5, 5.41) is 7.82. The van der Waals surface area contributed by atoms with Crippen LogP contribution in [0.3, 0.4) is 0 Å². The normalized spacial score (nSPS) is 12.1. The van der Waals surface area contributed by atoms with Crippen LogP contribution >= 0.6 is 11.3 Å². The van der Waals surface area contributed by atoms with E-state index in [4.69, 9.17) is 4.52 Å². The van der Waals surface area contributed by atoms with Crippen molar-refractivity contribution in [3.05, 3.63) is 71.8 Å². The summed E-state index contributed by atoms with van der Waals surface area (Å²) < 4.78 is 5.44. The molecule has 0 bridgehead atoms. The Morgan fingerprint density at radius 2 is 1.86 bits per heavy atom. The molecule has 1 aromatic carbocycles. The van der Waals surface area contributed by atoms with Gasteiger partial charge in [-0.15, -0.1) is 11.3 Å². The van der Waals surface area contributed by atoms with Crippen molar-refractivity contribution in [2.75, 3.05) is 0 Å². The average Bonchev–Trinajstić information content (AvgIpc) is 3.43. The van der Waals surface area contributed by atoms with Crippen molar-refractivity contribution in [1.82, 2.24) is 25.4 Å². The van der Waals surface area contributed by atoms with E-state index in [9.17, 15) is 4.79 Å². The molecular formula is C21H19N5O2S. The lowest BCUT2D eigenvalue weighted by Crippen LogP contribution is -2.31. The van der Waals surface area contributed by atoms with Crippen LogP contribution in [0.4, 0.5) is 0 Å². The standard InChI is InChI=1S/C21H19N5O2S/c1-13(2)17(20-25-18(26-28-20)15-9-6-10-22-11-15)24-19(27)16-12-23-21(29-16)14-7-4-3-5-8-14/h3-13,17H,1-2H3,(H,24,27). The second kappa shape index (κ2) is 8.32. The van der Waals surface area contributed by atoms with Gasteiger partial charge in [-0.05, 0) is 18.1 Å². The van der Waals surface area contributed by atoms with Gasteiger partial charge in [0.05, 0.1) is 6.20 Å². The highest BCUT2D eigenvalue weighted by atomic mass is 32.1. The minimum atomic E-state index is -0.414. The summed E-state index contributed by atoms with van der Waals surface area (Å²) in [6.07, 6.45) is 4.94. The van der Waals surface area contributed by atoms with Gasteiger partial charge in [-0.3, -0.25) is 9.78 Å². The van der Waals surface area contributed by atoms with Crippen LogP contribution in [0.25, 0.3) is 22.0 Å². The molecule has 0 radical (unpaired) electrons. The summed E-state index contributed by atoms with van der Waals surface area (Å²) in [6.45, 7) is 3.97. The SMILES string of the molecule is CC(C)C(NC(=O)c1cnc(-c2ccccc2)s1)c1nc(-c2cccnc2)no1. The van der Waals surface area contributed by atoms with Crippen molar-refractivity contribution in [3.63, 3.8) is 0 Å². The summed E-state index contributed by atoms with van der Waals surface area (Å²) in [7, 11) is 0. The first-order valence-corrected chi connectivity index (χ1v) is 9.99. The second-order valence-corrected chi connectivity index (χ2v) is 7.82. The largest absolute Gasteiger partial charge is 0.339 e. The third-order valence-electron chi connectivity index (χ3n) is 4.33. The zero-order chi connectivity index (χ0) is 20.2. The van der Waals surface area contributed by atoms with Crippen molar-refractivity contribution in [1.29, 1.82) is 0 Å². The Labute approximate surface area is 171 Å². The predicted octanol–water partition coefficient (Wildman–Crippen LogP) is 4.38. The lowest BCUT2D eigenvalue weighted by molar-refractivity contribution is 0.0918. The second-order valence-electron chi connectivity index (χ2n) is 6.79. The molecule has 0 saturated carbocycles. The number of aromatic nitrogens is 4. The first-order valence-electron chi connectivity index (χ1n) is 9.18. The summed E-state index contributed by atoms with van der Waals surface area (Å²) in [6, 6.07) is 13.0. The number of nitrogens with one attached hydrogen (secondary N) is 1. The zero-order valence-electron chi connectivity index (χ0n) is 15.9. The van der Waals surface area contributed by atoms with E-state index in [2.05, 4.69) is 25.4 Å². The lowest BCUT2D eigenvalue weighted by Gasteiger charge is -2.17. The topological polar surface area (TPSA) is 93.8 Å². The molecule has 29 heavy (non-hydrogen) atoms. The first kappa shape index (κ1) is 18.9. The van der Waals surface area contributed by atoms with Crippen molar-refractivity contribution < 1.29 is 9.32 Å². The molecule has 0 spiro atoms. The van der Waals surface area contributed by atoms with Crippen molar-refractivity contribution >= 4 is 17.2 Å². The molecule has 0 fully saturated rings. The van der Waals surface area contributed by atoms with Crippen molar-refractivity contribution in [2.45, 2.75) is 19.9 Å². The maximum Gasteiger partial charge on any atom is 0.263 e. The highest BCUT2D eigenvalue weighted by Crippen LogP contribution is 2.27. The summed E-state index contributed by atoms with van der Waals surface area (Å²) >= 11 is 1.35. The number of nitrogens with zero attached hydrogens (tertiary/aromatic N) is 4. The van der Waals surface area contributed by atoms with Crippen LogP contribution in [0.5, 0.6) is 0 Å². The van der Waals surface area contributed by atoms with Crippen LogP contribution in [0.1, 0.15) is 35.5 Å². The van der Waals surface area contributed by atoms with Crippen LogP contribution in [0.2, 0.25) is 0 Å². The average molecular weight is 405 g/mol. The molecular weight excluding hydrogens is 386 g/mol. The Morgan fingerprint density at radius 1 is 1.07 bits per heavy atom. The van der Waals surface area contributed by atoms with Crippen LogP contribution in [-0.4, -0.2) is 26.0 Å². The molecule has 1 unspecified atom stereocenters. The number of carbonyl (C=O) groups excluding carboxylic acids is 1. The number of benzene rings is 1. The number of carbonyl (C=O) groups is 1. The fourth-order valence-electron chi connectivity index (χ4n) is 2.79. The Balaban J connectivity index is 1.53. The van der Waals surface area contributed by atoms with E-state index in [1.54, 1.807) is 24.7 Å². The Bertz CT molecular complexity index is 1090. The van der Waals surface area contributed by atoms with E-state index in [-0.39, 0.29) is 11.8 Å². The molecule has 0 aliphatic rings. The number of pyridine rings is 1. The molecule has 4 rings (SSSR count). The van der Waals surface area contributed by atoms with Gasteiger partial charge in [0, 0.05) is 23.5 Å². The van der Waals surface area contributed by atoms with Crippen LogP contribution < -0.4 is 5.32 Å². The molecule has 3 aromatic heterocycles. The van der Waals surface area contributed by atoms with E-state index in [1.807, 2.05) is 50.2 Å². The zero-order valence-corrected chi connectivity index (χ0v) is 16.8. The maximum absolute atomic E-state index is 12.8. The fourth-order valence-corrected chi connectivity index (χ4v) is 3.62. The molecule has 7 nitrogen and oxygen atoms in total. The van der Waals surface area contributed by atoms with Gasteiger partial charge in [0.1, 0.15) is 15.9 Å². The van der Waals surface area contributed by atoms with Gasteiger partial charge in [-0.25, -0.2) is 4.98 Å². The smallest absolute Gasteiger partial charge is 0.263 e. The predicted molar refractivity (Wildman–Crippen MR) is 110 cm³/mol. The fraction of sp³-hybridized carbons (Fsp3) is 0.190. The summed E-state index contributed by atoms with van der Waals surface area (Å²) in [5.74, 6) is 0.643. The molecule has 1 N–H and O–H groups in total. The molecule has 8 heteroatoms. The van der Waals surface area contributed by atoms with E-state index in [0.717, 1.165) is 16.1 Å². The van der Waals surface area contributed by atoms with Crippen LogP contribution in [-0.2, 0) is 0 Å². The van der Waals surface area contributed by atoms with Gasteiger partial charge in [0.25, 0.3) is 5.91 Å². The molecule has 3 heterocycles. The number of amides is 1. The molecule has 0 aliphatic carbocycles. The molecule has 0 aliphatic heterocycles. The highest BCUT2D eigenvalue weighted by molar-refractivity contribution is 7.16. The van der Waals surface area contributed by atoms with Gasteiger partial charge in [0.15, 0.2) is 0 Å². The highest BCUT2D eigenvalue weighted by Gasteiger charge is 2.26. The molecule has 4 aromatic rings. The summed E-state index contributed by atoms with van der Waals surface area (Å²) in [4.78, 5) is 26.2. The van der Waals surface area contributed by atoms with E-state index < -0.39 is 6.04 Å². The first-order chi connectivity index (χ1) is 14.1. The third kappa shape index (κ3) is 4.22. The van der Waals surface area contributed by atoms with Gasteiger partial charge in [-0.2, -0.15) is 4.98 Å². The lowest BCUT2D eigenvalue weighted by atomic mass is 10.0. The minimum absolute atomic E-state index is 0.0580. The quantitative estimate of drug-likeness (QED) is 0.511. The number of rotatable bonds is 6. The third-order valence-corrected chi connectivity index (χ3v) is 5.38. The van der Waals surface area contributed by atoms with Crippen LogP contribution in [0, 0.1) is 5.92 Å². The summed E-state index contributed by atoms with van der Waals surface area (Å²) in [5.41, 5.74) is 1.74. The van der Waals surface area contributed by atoms with E-state index in [0.29, 0.717) is 16.6 Å². The molecule has 0 saturated heterocycles. The van der Waals surface area contributed by atoms with Gasteiger partial charge in [-0.1, -0.05) is 49.3 Å². The van der Waals surface area contributed by atoms with E-state index >= 15 is 0 Å². The van der Waals surface area contributed by atoms with E-state index in [1.165, 1.54) is 11.3 Å². The Morgan fingerprint density at radius 3 is 2.59 bits per heavy atom. The molecule has 146 valence electrons. The van der Waals surface area contributed by atoms with Gasteiger partial charge in [0.2, 0.25) is 11.7 Å². The minimum Gasteiger partial charge on any atom is -0.339 e. The Hall–Kier alpha value is -3.39. The van der Waals surface area contributed by atoms with Gasteiger partial charge >= 0.3 is 0 Å². The van der Waals surface area contributed by atoms with Crippen LogP contribution in [0.15, 0.2) is 65.6 Å². The maximum atomic E-state index is 12.8. The number of thiazole rings is 1.